The first-order valence-corrected chi connectivity index (χ1v) is 9.26. The van der Waals surface area contributed by atoms with E-state index < -0.39 is 0 Å². The fraction of sp³-hybridized carbons (Fsp3) is 0.263. The maximum Gasteiger partial charge on any atom is 0.265 e. The maximum atomic E-state index is 12.7. The van der Waals surface area contributed by atoms with E-state index in [9.17, 15) is 4.79 Å². The van der Waals surface area contributed by atoms with Crippen LogP contribution < -0.4 is 10.6 Å². The van der Waals surface area contributed by atoms with Gasteiger partial charge in [0.1, 0.15) is 0 Å². The predicted octanol–water partition coefficient (Wildman–Crippen LogP) is 3.83. The van der Waals surface area contributed by atoms with Gasteiger partial charge in [0.05, 0.1) is 22.5 Å². The van der Waals surface area contributed by atoms with E-state index in [0.717, 1.165) is 34.8 Å². The number of nitrogens with one attached hydrogen (secondary N) is 2. The SMILES string of the molecule is Cn1ncc(NC(=O)c2ccc(C3CCCN3)s2)c1-c1ccccc1. The Morgan fingerprint density at radius 1 is 1.28 bits per heavy atom. The Labute approximate surface area is 150 Å². The minimum absolute atomic E-state index is 0.0839. The lowest BCUT2D eigenvalue weighted by molar-refractivity contribution is 0.103. The summed E-state index contributed by atoms with van der Waals surface area (Å²) in [6.07, 6.45) is 4.04. The molecule has 0 saturated carbocycles. The Morgan fingerprint density at radius 3 is 2.88 bits per heavy atom. The van der Waals surface area contributed by atoms with Gasteiger partial charge in [0.2, 0.25) is 0 Å². The van der Waals surface area contributed by atoms with Crippen LogP contribution in [-0.2, 0) is 7.05 Å². The van der Waals surface area contributed by atoms with Gasteiger partial charge >= 0.3 is 0 Å². The highest BCUT2D eigenvalue weighted by molar-refractivity contribution is 7.14. The van der Waals surface area contributed by atoms with Gasteiger partial charge in [-0.2, -0.15) is 5.10 Å². The number of amides is 1. The highest BCUT2D eigenvalue weighted by atomic mass is 32.1. The highest BCUT2D eigenvalue weighted by Gasteiger charge is 2.20. The van der Waals surface area contributed by atoms with Crippen LogP contribution in [0.5, 0.6) is 0 Å². The van der Waals surface area contributed by atoms with Crippen LogP contribution in [0.15, 0.2) is 48.7 Å². The molecule has 0 radical (unpaired) electrons. The molecule has 1 atom stereocenters. The van der Waals surface area contributed by atoms with Crippen LogP contribution >= 0.6 is 11.3 Å². The summed E-state index contributed by atoms with van der Waals surface area (Å²) in [5.41, 5.74) is 2.66. The van der Waals surface area contributed by atoms with Crippen molar-refractivity contribution < 1.29 is 4.79 Å². The van der Waals surface area contributed by atoms with Gasteiger partial charge in [-0.15, -0.1) is 11.3 Å². The summed E-state index contributed by atoms with van der Waals surface area (Å²) in [6.45, 7) is 1.06. The second-order valence-electron chi connectivity index (χ2n) is 6.20. The molecule has 1 aliphatic rings. The number of benzene rings is 1. The van der Waals surface area contributed by atoms with Crippen molar-refractivity contribution in [1.82, 2.24) is 15.1 Å². The van der Waals surface area contributed by atoms with Gasteiger partial charge in [-0.25, -0.2) is 0 Å². The van der Waals surface area contributed by atoms with Crippen LogP contribution in [-0.4, -0.2) is 22.2 Å². The fourth-order valence-electron chi connectivity index (χ4n) is 3.24. The predicted molar refractivity (Wildman–Crippen MR) is 101 cm³/mol. The van der Waals surface area contributed by atoms with Gasteiger partial charge in [-0.1, -0.05) is 30.3 Å². The molecule has 3 aromatic rings. The molecule has 1 aromatic carbocycles. The number of thiophene rings is 1. The van der Waals surface area contributed by atoms with Crippen LogP contribution in [0.3, 0.4) is 0 Å². The first-order chi connectivity index (χ1) is 12.2. The summed E-state index contributed by atoms with van der Waals surface area (Å²) in [4.78, 5) is 14.6. The van der Waals surface area contributed by atoms with Crippen molar-refractivity contribution in [3.8, 4) is 11.3 Å². The molecule has 3 heterocycles. The Balaban J connectivity index is 1.56. The topological polar surface area (TPSA) is 59.0 Å². The number of hydrogen-bond acceptors (Lipinski definition) is 4. The van der Waals surface area contributed by atoms with Crippen molar-refractivity contribution in [2.45, 2.75) is 18.9 Å². The lowest BCUT2D eigenvalue weighted by Gasteiger charge is -2.08. The molecule has 25 heavy (non-hydrogen) atoms. The lowest BCUT2D eigenvalue weighted by Crippen LogP contribution is -2.12. The lowest BCUT2D eigenvalue weighted by atomic mass is 10.1. The zero-order chi connectivity index (χ0) is 17.2. The first kappa shape index (κ1) is 16.1. The Morgan fingerprint density at radius 2 is 2.12 bits per heavy atom. The van der Waals surface area contributed by atoms with Gasteiger partial charge in [-0.3, -0.25) is 9.48 Å². The molecular weight excluding hydrogens is 332 g/mol. The summed E-state index contributed by atoms with van der Waals surface area (Å²) < 4.78 is 1.78. The molecule has 1 amide bonds. The average molecular weight is 352 g/mol. The summed E-state index contributed by atoms with van der Waals surface area (Å²) >= 11 is 1.56. The minimum atomic E-state index is -0.0839. The van der Waals surface area contributed by atoms with E-state index in [0.29, 0.717) is 6.04 Å². The van der Waals surface area contributed by atoms with E-state index in [1.54, 1.807) is 22.2 Å². The molecule has 5 nitrogen and oxygen atoms in total. The van der Waals surface area contributed by atoms with E-state index in [-0.39, 0.29) is 5.91 Å². The van der Waals surface area contributed by atoms with Gasteiger partial charge in [0, 0.05) is 23.5 Å². The van der Waals surface area contributed by atoms with E-state index >= 15 is 0 Å². The minimum Gasteiger partial charge on any atom is -0.318 e. The van der Waals surface area contributed by atoms with Crippen molar-refractivity contribution in [2.75, 3.05) is 11.9 Å². The number of rotatable bonds is 4. The van der Waals surface area contributed by atoms with Crippen LogP contribution in [0.1, 0.15) is 33.4 Å². The van der Waals surface area contributed by atoms with Gasteiger partial charge < -0.3 is 10.6 Å². The number of carbonyl (C=O) groups excluding carboxylic acids is 1. The summed E-state index contributed by atoms with van der Waals surface area (Å²) in [5, 5.41) is 10.8. The Bertz CT molecular complexity index is 878. The monoisotopic (exact) mass is 352 g/mol. The molecule has 0 bridgehead atoms. The second kappa shape index (κ2) is 6.82. The van der Waals surface area contributed by atoms with Crippen molar-refractivity contribution in [2.24, 2.45) is 7.05 Å². The number of aromatic nitrogens is 2. The number of anilines is 1. The smallest absolute Gasteiger partial charge is 0.265 e. The molecule has 1 saturated heterocycles. The van der Waals surface area contributed by atoms with E-state index in [2.05, 4.69) is 21.8 Å². The maximum absolute atomic E-state index is 12.7. The zero-order valence-corrected chi connectivity index (χ0v) is 14.8. The molecule has 2 N–H and O–H groups in total. The summed E-state index contributed by atoms with van der Waals surface area (Å²) in [5.74, 6) is -0.0839. The largest absolute Gasteiger partial charge is 0.318 e. The molecule has 2 aromatic heterocycles. The van der Waals surface area contributed by atoms with Gasteiger partial charge in [-0.05, 0) is 31.5 Å². The second-order valence-corrected chi connectivity index (χ2v) is 7.32. The standard InChI is InChI=1S/C19H20N4OS/c1-23-18(13-6-3-2-4-7-13)15(12-21-23)22-19(24)17-10-9-16(25-17)14-8-5-11-20-14/h2-4,6-7,9-10,12,14,20H,5,8,11H2,1H3,(H,22,24). The van der Waals surface area contributed by atoms with E-state index in [4.69, 9.17) is 0 Å². The number of hydrogen-bond donors (Lipinski definition) is 2. The molecule has 0 aliphatic carbocycles. The third-order valence-corrected chi connectivity index (χ3v) is 5.69. The van der Waals surface area contributed by atoms with Crippen LogP contribution in [0.2, 0.25) is 0 Å². The van der Waals surface area contributed by atoms with Crippen LogP contribution in [0, 0.1) is 0 Å². The third kappa shape index (κ3) is 3.23. The summed E-state index contributed by atoms with van der Waals surface area (Å²) in [7, 11) is 1.88. The molecule has 1 fully saturated rings. The summed E-state index contributed by atoms with van der Waals surface area (Å²) in [6, 6.07) is 14.3. The van der Waals surface area contributed by atoms with Gasteiger partial charge in [0.15, 0.2) is 0 Å². The quantitative estimate of drug-likeness (QED) is 0.750. The molecule has 1 aliphatic heterocycles. The molecule has 128 valence electrons. The van der Waals surface area contributed by atoms with Crippen molar-refractivity contribution in [3.63, 3.8) is 0 Å². The molecular formula is C19H20N4OS. The normalized spacial score (nSPS) is 16.9. The number of carbonyl (C=O) groups is 1. The number of aryl methyl sites for hydroxylation is 1. The van der Waals surface area contributed by atoms with Crippen LogP contribution in [0.25, 0.3) is 11.3 Å². The van der Waals surface area contributed by atoms with Crippen molar-refractivity contribution in [3.05, 3.63) is 58.4 Å². The molecule has 1 unspecified atom stereocenters. The molecule has 0 spiro atoms. The van der Waals surface area contributed by atoms with Crippen molar-refractivity contribution >= 4 is 22.9 Å². The van der Waals surface area contributed by atoms with Crippen molar-refractivity contribution in [1.29, 1.82) is 0 Å². The third-order valence-electron chi connectivity index (χ3n) is 4.49. The molecule has 4 rings (SSSR count). The fourth-order valence-corrected chi connectivity index (χ4v) is 4.25. The Kier molecular flexibility index (Phi) is 4.38. The van der Waals surface area contributed by atoms with E-state index in [1.165, 1.54) is 11.3 Å². The van der Waals surface area contributed by atoms with Gasteiger partial charge in [0.25, 0.3) is 5.91 Å². The van der Waals surface area contributed by atoms with Crippen LogP contribution in [0.4, 0.5) is 5.69 Å². The Hall–Kier alpha value is -2.44. The molecule has 6 heteroatoms. The highest BCUT2D eigenvalue weighted by Crippen LogP contribution is 2.31. The van der Waals surface area contributed by atoms with E-state index in [1.807, 2.05) is 43.4 Å². The number of nitrogens with zero attached hydrogens (tertiary/aromatic N) is 2. The average Bonchev–Trinajstić information content (AvgIpc) is 3.36. The zero-order valence-electron chi connectivity index (χ0n) is 14.0. The first-order valence-electron chi connectivity index (χ1n) is 8.44.